The van der Waals surface area contributed by atoms with E-state index >= 15 is 0 Å². The van der Waals surface area contributed by atoms with Crippen LogP contribution in [-0.2, 0) is 24.6 Å². The molecular weight excluding hydrogens is 685 g/mol. The predicted molar refractivity (Wildman–Crippen MR) is 201 cm³/mol. The van der Waals surface area contributed by atoms with Gasteiger partial charge in [0.1, 0.15) is 30.5 Å². The molecule has 0 radical (unpaired) electrons. The van der Waals surface area contributed by atoms with Gasteiger partial charge in [-0.05, 0) is 83.8 Å². The third kappa shape index (κ3) is 10.0. The van der Waals surface area contributed by atoms with Gasteiger partial charge in [0.15, 0.2) is 5.75 Å². The predicted octanol–water partition coefficient (Wildman–Crippen LogP) is 9.01. The molecule has 2 heterocycles. The minimum atomic E-state index is -0.0222. The molecule has 10 heteroatoms. The van der Waals surface area contributed by atoms with Crippen LogP contribution in [0.2, 0.25) is 10.0 Å². The van der Waals surface area contributed by atoms with Gasteiger partial charge in [0.05, 0.1) is 18.3 Å². The molecule has 1 amide bonds. The molecule has 8 nitrogen and oxygen atoms in total. The molecule has 1 aromatic heterocycles. The summed E-state index contributed by atoms with van der Waals surface area (Å²) in [6.07, 6.45) is 5.00. The van der Waals surface area contributed by atoms with E-state index in [1.54, 1.807) is 43.7 Å². The number of rotatable bonds is 13. The molecule has 0 saturated carbocycles. The number of hydrogen-bond donors (Lipinski definition) is 0. The average molecular weight is 725 g/mol. The molecule has 262 valence electrons. The van der Waals surface area contributed by atoms with Gasteiger partial charge >= 0.3 is 0 Å². The van der Waals surface area contributed by atoms with E-state index in [1.165, 1.54) is 5.56 Å². The lowest BCUT2D eigenvalue weighted by Crippen LogP contribution is -2.47. The van der Waals surface area contributed by atoms with E-state index < -0.39 is 0 Å². The monoisotopic (exact) mass is 723 g/mol. The summed E-state index contributed by atoms with van der Waals surface area (Å²) in [5.41, 5.74) is 4.86. The van der Waals surface area contributed by atoms with Crippen molar-refractivity contribution in [2.75, 3.05) is 33.3 Å². The number of methoxy groups -OCH3 is 1. The fourth-order valence-electron chi connectivity index (χ4n) is 5.61. The van der Waals surface area contributed by atoms with Crippen LogP contribution in [0.3, 0.4) is 0 Å². The third-order valence-electron chi connectivity index (χ3n) is 8.52. The maximum absolute atomic E-state index is 13.0. The average Bonchev–Trinajstić information content (AvgIpc) is 3.15. The molecule has 1 aliphatic heterocycles. The molecule has 0 N–H and O–H groups in total. The molecule has 6 rings (SSSR count). The topological polar surface area (TPSA) is 73.4 Å². The summed E-state index contributed by atoms with van der Waals surface area (Å²) in [5, 5.41) is 1.08. The number of carbonyl (C=O) groups excluding carboxylic acids is 1. The van der Waals surface area contributed by atoms with Crippen molar-refractivity contribution in [3.05, 3.63) is 147 Å². The van der Waals surface area contributed by atoms with E-state index in [1.807, 2.05) is 66.4 Å². The van der Waals surface area contributed by atoms with Crippen molar-refractivity contribution < 1.29 is 23.7 Å². The molecule has 0 bridgehead atoms. The molecule has 51 heavy (non-hydrogen) atoms. The summed E-state index contributed by atoms with van der Waals surface area (Å²) in [6.45, 7) is 6.52. The Kier molecular flexibility index (Phi) is 12.1. The number of pyridine rings is 1. The molecular formula is C41H39Cl2N3O5. The quantitative estimate of drug-likeness (QED) is 0.112. The number of ether oxygens (including phenoxy) is 4. The standard InChI is InChI=1S/C41H39Cl2N3O5/c1-29-23-32(24-38(43)41(29)51-39-17-16-36(25-44-39)50-28-33-5-3-4-6-37(33)42)11-18-40(47)46-21-19-45(20-22-46)26-30-7-9-31(10-8-30)27-49-35-14-12-34(48-2)13-15-35/h3-18,23-25H,19-22,26-28H2,1-2H3/b18-11+. The smallest absolute Gasteiger partial charge is 0.246 e. The van der Waals surface area contributed by atoms with Crippen molar-refractivity contribution in [1.29, 1.82) is 0 Å². The van der Waals surface area contributed by atoms with Crippen molar-refractivity contribution >= 4 is 35.2 Å². The first kappa shape index (κ1) is 35.8. The second kappa shape index (κ2) is 17.3. The van der Waals surface area contributed by atoms with Crippen LogP contribution in [0, 0.1) is 6.92 Å². The van der Waals surface area contributed by atoms with E-state index in [2.05, 4.69) is 34.1 Å². The van der Waals surface area contributed by atoms with Gasteiger partial charge in [-0.1, -0.05) is 65.7 Å². The lowest BCUT2D eigenvalue weighted by Gasteiger charge is -2.34. The highest BCUT2D eigenvalue weighted by Gasteiger charge is 2.20. The minimum absolute atomic E-state index is 0.0222. The highest BCUT2D eigenvalue weighted by atomic mass is 35.5. The summed E-state index contributed by atoms with van der Waals surface area (Å²) in [6, 6.07) is 30.8. The van der Waals surface area contributed by atoms with Crippen LogP contribution in [0.5, 0.6) is 28.9 Å². The van der Waals surface area contributed by atoms with Crippen molar-refractivity contribution in [1.82, 2.24) is 14.8 Å². The van der Waals surface area contributed by atoms with E-state index in [0.29, 0.717) is 53.7 Å². The number of aromatic nitrogens is 1. The number of hydrogen-bond acceptors (Lipinski definition) is 7. The van der Waals surface area contributed by atoms with Gasteiger partial charge in [-0.3, -0.25) is 9.69 Å². The summed E-state index contributed by atoms with van der Waals surface area (Å²) >= 11 is 12.8. The molecule has 0 atom stereocenters. The zero-order chi connectivity index (χ0) is 35.6. The van der Waals surface area contributed by atoms with Crippen molar-refractivity contribution in [2.24, 2.45) is 0 Å². The Balaban J connectivity index is 0.944. The zero-order valence-corrected chi connectivity index (χ0v) is 30.1. The number of nitrogens with zero attached hydrogens (tertiary/aromatic N) is 3. The number of carbonyl (C=O) groups is 1. The van der Waals surface area contributed by atoms with Crippen LogP contribution in [-0.4, -0.2) is 54.0 Å². The Hall–Kier alpha value is -5.02. The molecule has 0 aliphatic carbocycles. The Morgan fingerprint density at radius 2 is 1.47 bits per heavy atom. The molecule has 0 unspecified atom stereocenters. The molecule has 5 aromatic rings. The van der Waals surface area contributed by atoms with Gasteiger partial charge in [-0.15, -0.1) is 0 Å². The van der Waals surface area contributed by atoms with E-state index in [-0.39, 0.29) is 5.91 Å². The second-order valence-electron chi connectivity index (χ2n) is 12.2. The van der Waals surface area contributed by atoms with Gasteiger partial charge in [0.2, 0.25) is 11.8 Å². The largest absolute Gasteiger partial charge is 0.497 e. The van der Waals surface area contributed by atoms with Gasteiger partial charge in [0.25, 0.3) is 0 Å². The third-order valence-corrected chi connectivity index (χ3v) is 9.17. The maximum atomic E-state index is 13.0. The van der Waals surface area contributed by atoms with Gasteiger partial charge in [-0.25, -0.2) is 4.98 Å². The lowest BCUT2D eigenvalue weighted by atomic mass is 10.1. The normalized spacial score (nSPS) is 13.3. The number of halogens is 2. The van der Waals surface area contributed by atoms with Gasteiger partial charge < -0.3 is 23.8 Å². The Bertz CT molecular complexity index is 1920. The molecule has 1 fully saturated rings. The minimum Gasteiger partial charge on any atom is -0.497 e. The summed E-state index contributed by atoms with van der Waals surface area (Å²) < 4.78 is 22.9. The van der Waals surface area contributed by atoms with Crippen molar-refractivity contribution in [2.45, 2.75) is 26.7 Å². The molecule has 4 aromatic carbocycles. The van der Waals surface area contributed by atoms with Crippen molar-refractivity contribution in [3.8, 4) is 28.9 Å². The molecule has 1 saturated heterocycles. The first-order chi connectivity index (χ1) is 24.8. The molecule has 1 aliphatic rings. The summed E-state index contributed by atoms with van der Waals surface area (Å²) in [7, 11) is 1.65. The SMILES string of the molecule is COc1ccc(OCc2ccc(CN3CCN(C(=O)/C=C/c4cc(C)c(Oc5ccc(OCc6ccccc6Cl)cn5)c(Cl)c4)CC3)cc2)cc1. The summed E-state index contributed by atoms with van der Waals surface area (Å²) in [4.78, 5) is 21.7. The van der Waals surface area contributed by atoms with Gasteiger partial charge in [-0.2, -0.15) is 0 Å². The maximum Gasteiger partial charge on any atom is 0.246 e. The number of amides is 1. The number of piperazine rings is 1. The van der Waals surface area contributed by atoms with Crippen LogP contribution in [0.25, 0.3) is 6.08 Å². The zero-order valence-electron chi connectivity index (χ0n) is 28.6. The highest BCUT2D eigenvalue weighted by Crippen LogP contribution is 2.34. The lowest BCUT2D eigenvalue weighted by molar-refractivity contribution is -0.127. The van der Waals surface area contributed by atoms with Crippen LogP contribution >= 0.6 is 23.2 Å². The Morgan fingerprint density at radius 1 is 0.784 bits per heavy atom. The Labute approximate surface area is 308 Å². The van der Waals surface area contributed by atoms with Crippen molar-refractivity contribution in [3.63, 3.8) is 0 Å². The van der Waals surface area contributed by atoms with Gasteiger partial charge in [0, 0.05) is 55.5 Å². The highest BCUT2D eigenvalue weighted by molar-refractivity contribution is 6.32. The Morgan fingerprint density at radius 3 is 2.16 bits per heavy atom. The fraction of sp³-hybridized carbons (Fsp3) is 0.220. The van der Waals surface area contributed by atoms with Crippen LogP contribution in [0.4, 0.5) is 0 Å². The van der Waals surface area contributed by atoms with E-state index in [9.17, 15) is 4.79 Å². The fourth-order valence-corrected chi connectivity index (χ4v) is 6.12. The second-order valence-corrected chi connectivity index (χ2v) is 13.0. The molecule has 0 spiro atoms. The summed E-state index contributed by atoms with van der Waals surface area (Å²) in [5.74, 6) is 3.07. The van der Waals surface area contributed by atoms with Crippen LogP contribution in [0.15, 0.2) is 109 Å². The number of aryl methyl sites for hydroxylation is 1. The van der Waals surface area contributed by atoms with Crippen LogP contribution in [0.1, 0.15) is 27.8 Å². The number of benzene rings is 4. The van der Waals surface area contributed by atoms with Crippen LogP contribution < -0.4 is 18.9 Å². The first-order valence-corrected chi connectivity index (χ1v) is 17.4. The van der Waals surface area contributed by atoms with E-state index in [4.69, 9.17) is 42.1 Å². The first-order valence-electron chi connectivity index (χ1n) is 16.7. The van der Waals surface area contributed by atoms with E-state index in [0.717, 1.165) is 53.4 Å².